The number of piperidine rings is 1. The molecule has 2 heteroatoms. The van der Waals surface area contributed by atoms with Crippen molar-refractivity contribution < 1.29 is 4.79 Å². The first-order valence-corrected chi connectivity index (χ1v) is 5.31. The molecule has 0 aromatic carbocycles. The van der Waals surface area contributed by atoms with Gasteiger partial charge in [-0.15, -0.1) is 0 Å². The molecule has 2 atom stereocenters. The number of rotatable bonds is 2. The second kappa shape index (κ2) is 4.12. The number of amides is 1. The van der Waals surface area contributed by atoms with Gasteiger partial charge in [0.2, 0.25) is 5.91 Å². The SMILES string of the molecule is CC(C)[C@H]1NC(=O)CC[C@H]1C(C)C. The molecule has 0 aromatic heterocycles. The third-order valence-electron chi connectivity index (χ3n) is 3.07. The van der Waals surface area contributed by atoms with E-state index < -0.39 is 0 Å². The predicted octanol–water partition coefficient (Wildman–Crippen LogP) is 2.19. The fraction of sp³-hybridized carbons (Fsp3) is 0.909. The predicted molar refractivity (Wildman–Crippen MR) is 54.3 cm³/mol. The lowest BCUT2D eigenvalue weighted by Gasteiger charge is -2.37. The van der Waals surface area contributed by atoms with Crippen molar-refractivity contribution in [2.75, 3.05) is 0 Å². The van der Waals surface area contributed by atoms with Crippen LogP contribution in [0.4, 0.5) is 0 Å². The van der Waals surface area contributed by atoms with Gasteiger partial charge in [-0.3, -0.25) is 4.79 Å². The van der Waals surface area contributed by atoms with Crippen LogP contribution in [0.25, 0.3) is 0 Å². The van der Waals surface area contributed by atoms with Gasteiger partial charge in [0.25, 0.3) is 0 Å². The minimum absolute atomic E-state index is 0.232. The molecule has 0 bridgehead atoms. The second-order valence-electron chi connectivity index (χ2n) is 4.78. The number of carbonyl (C=O) groups excluding carboxylic acids is 1. The number of hydrogen-bond donors (Lipinski definition) is 1. The number of nitrogens with one attached hydrogen (secondary N) is 1. The highest BCUT2D eigenvalue weighted by atomic mass is 16.1. The number of carbonyl (C=O) groups is 1. The van der Waals surface area contributed by atoms with Crippen molar-refractivity contribution in [2.45, 2.75) is 46.6 Å². The van der Waals surface area contributed by atoms with Gasteiger partial charge in [-0.2, -0.15) is 0 Å². The molecule has 0 saturated carbocycles. The summed E-state index contributed by atoms with van der Waals surface area (Å²) < 4.78 is 0. The quantitative estimate of drug-likeness (QED) is 0.698. The van der Waals surface area contributed by atoms with Crippen LogP contribution in [0.5, 0.6) is 0 Å². The summed E-state index contributed by atoms with van der Waals surface area (Å²) in [5.41, 5.74) is 0. The van der Waals surface area contributed by atoms with E-state index in [2.05, 4.69) is 33.0 Å². The molecule has 1 amide bonds. The monoisotopic (exact) mass is 183 g/mol. The topological polar surface area (TPSA) is 29.1 Å². The molecule has 1 saturated heterocycles. The van der Waals surface area contributed by atoms with Gasteiger partial charge in [-0.1, -0.05) is 27.7 Å². The van der Waals surface area contributed by atoms with E-state index in [0.29, 0.717) is 30.2 Å². The maximum atomic E-state index is 11.2. The summed E-state index contributed by atoms with van der Waals surface area (Å²) in [6.07, 6.45) is 1.78. The Balaban J connectivity index is 2.66. The molecule has 2 nitrogen and oxygen atoms in total. The van der Waals surface area contributed by atoms with Gasteiger partial charge in [0.1, 0.15) is 0 Å². The summed E-state index contributed by atoms with van der Waals surface area (Å²) in [6.45, 7) is 8.87. The first-order valence-electron chi connectivity index (χ1n) is 5.31. The van der Waals surface area contributed by atoms with E-state index in [1.54, 1.807) is 0 Å². The fourth-order valence-corrected chi connectivity index (χ4v) is 2.25. The Kier molecular flexibility index (Phi) is 3.34. The Hall–Kier alpha value is -0.530. The Morgan fingerprint density at radius 3 is 2.31 bits per heavy atom. The molecular formula is C11H21NO. The average Bonchev–Trinajstić information content (AvgIpc) is 2.03. The summed E-state index contributed by atoms with van der Waals surface area (Å²) >= 11 is 0. The first kappa shape index (κ1) is 10.6. The smallest absolute Gasteiger partial charge is 0.220 e. The van der Waals surface area contributed by atoms with Gasteiger partial charge < -0.3 is 5.32 Å². The highest BCUT2D eigenvalue weighted by Gasteiger charge is 2.32. The fourth-order valence-electron chi connectivity index (χ4n) is 2.25. The summed E-state index contributed by atoms with van der Waals surface area (Å²) in [5, 5.41) is 3.11. The van der Waals surface area contributed by atoms with Crippen molar-refractivity contribution in [1.29, 1.82) is 0 Å². The minimum atomic E-state index is 0.232. The van der Waals surface area contributed by atoms with Crippen molar-refractivity contribution in [1.82, 2.24) is 5.32 Å². The molecule has 0 aliphatic carbocycles. The number of hydrogen-bond acceptors (Lipinski definition) is 1. The minimum Gasteiger partial charge on any atom is -0.353 e. The van der Waals surface area contributed by atoms with Gasteiger partial charge in [-0.25, -0.2) is 0 Å². The molecule has 13 heavy (non-hydrogen) atoms. The zero-order valence-electron chi connectivity index (χ0n) is 9.13. The molecule has 0 spiro atoms. The van der Waals surface area contributed by atoms with E-state index in [1.807, 2.05) is 0 Å². The van der Waals surface area contributed by atoms with Crippen LogP contribution in [0.2, 0.25) is 0 Å². The first-order chi connectivity index (χ1) is 6.02. The van der Waals surface area contributed by atoms with Crippen LogP contribution in [0.1, 0.15) is 40.5 Å². The Bertz CT molecular complexity index is 187. The summed E-state index contributed by atoms with van der Waals surface area (Å²) in [5.74, 6) is 2.12. The van der Waals surface area contributed by atoms with Crippen molar-refractivity contribution in [2.24, 2.45) is 17.8 Å². The van der Waals surface area contributed by atoms with Crippen LogP contribution >= 0.6 is 0 Å². The maximum Gasteiger partial charge on any atom is 0.220 e. The highest BCUT2D eigenvalue weighted by molar-refractivity contribution is 5.77. The molecule has 1 rings (SSSR count). The van der Waals surface area contributed by atoms with Gasteiger partial charge in [0.05, 0.1) is 0 Å². The third-order valence-corrected chi connectivity index (χ3v) is 3.07. The summed E-state index contributed by atoms with van der Waals surface area (Å²) in [6, 6.07) is 0.390. The van der Waals surface area contributed by atoms with E-state index in [-0.39, 0.29) is 5.91 Å². The zero-order valence-corrected chi connectivity index (χ0v) is 9.13. The van der Waals surface area contributed by atoms with Crippen LogP contribution in [0, 0.1) is 17.8 Å². The molecule has 76 valence electrons. The van der Waals surface area contributed by atoms with Gasteiger partial charge in [-0.05, 0) is 24.2 Å². The van der Waals surface area contributed by atoms with Crippen LogP contribution in [0.3, 0.4) is 0 Å². The lowest BCUT2D eigenvalue weighted by Crippen LogP contribution is -2.49. The molecule has 1 aliphatic heterocycles. The van der Waals surface area contributed by atoms with Crippen molar-refractivity contribution >= 4 is 5.91 Å². The Labute approximate surface area is 81.1 Å². The lowest BCUT2D eigenvalue weighted by atomic mass is 9.77. The van der Waals surface area contributed by atoms with Gasteiger partial charge in [0, 0.05) is 12.5 Å². The Morgan fingerprint density at radius 2 is 1.85 bits per heavy atom. The van der Waals surface area contributed by atoms with Crippen molar-refractivity contribution in [3.63, 3.8) is 0 Å². The Morgan fingerprint density at radius 1 is 1.23 bits per heavy atom. The van der Waals surface area contributed by atoms with Crippen LogP contribution in [-0.4, -0.2) is 11.9 Å². The molecule has 1 aliphatic rings. The largest absolute Gasteiger partial charge is 0.353 e. The molecule has 0 unspecified atom stereocenters. The van der Waals surface area contributed by atoms with E-state index in [0.717, 1.165) is 6.42 Å². The summed E-state index contributed by atoms with van der Waals surface area (Å²) in [7, 11) is 0. The van der Waals surface area contributed by atoms with Crippen molar-refractivity contribution in [3.05, 3.63) is 0 Å². The van der Waals surface area contributed by atoms with Crippen LogP contribution in [-0.2, 0) is 4.79 Å². The normalized spacial score (nSPS) is 29.5. The van der Waals surface area contributed by atoms with E-state index in [9.17, 15) is 4.79 Å². The zero-order chi connectivity index (χ0) is 10.0. The molecular weight excluding hydrogens is 162 g/mol. The summed E-state index contributed by atoms with van der Waals surface area (Å²) in [4.78, 5) is 11.2. The van der Waals surface area contributed by atoms with E-state index >= 15 is 0 Å². The molecule has 1 heterocycles. The van der Waals surface area contributed by atoms with E-state index in [1.165, 1.54) is 0 Å². The molecule has 0 aromatic rings. The highest BCUT2D eigenvalue weighted by Crippen LogP contribution is 2.28. The van der Waals surface area contributed by atoms with Crippen molar-refractivity contribution in [3.8, 4) is 0 Å². The van der Waals surface area contributed by atoms with Gasteiger partial charge in [0.15, 0.2) is 0 Å². The second-order valence-corrected chi connectivity index (χ2v) is 4.78. The van der Waals surface area contributed by atoms with Crippen LogP contribution in [0.15, 0.2) is 0 Å². The third kappa shape index (κ3) is 2.45. The molecule has 1 N–H and O–H groups in total. The standard InChI is InChI=1S/C11H21NO/c1-7(2)9-5-6-10(13)12-11(9)8(3)4/h7-9,11H,5-6H2,1-4H3,(H,12,13)/t9-,11+/m0/s1. The lowest BCUT2D eigenvalue weighted by molar-refractivity contribution is -0.125. The van der Waals surface area contributed by atoms with Gasteiger partial charge >= 0.3 is 0 Å². The van der Waals surface area contributed by atoms with E-state index in [4.69, 9.17) is 0 Å². The van der Waals surface area contributed by atoms with Crippen LogP contribution < -0.4 is 5.32 Å². The maximum absolute atomic E-state index is 11.2. The molecule has 0 radical (unpaired) electrons. The average molecular weight is 183 g/mol. The molecule has 1 fully saturated rings.